The van der Waals surface area contributed by atoms with Crippen molar-refractivity contribution in [2.45, 2.75) is 53.4 Å². The number of aliphatic imine (C=N–C) groups is 2. The van der Waals surface area contributed by atoms with Crippen LogP contribution in [0.15, 0.2) is 58.5 Å². The molecular weight excluding hydrogens is 652 g/mol. The zero-order valence-corrected chi connectivity index (χ0v) is 26.7. The Morgan fingerprint density at radius 3 is 1.26 bits per heavy atom. The minimum absolute atomic E-state index is 0. The van der Waals surface area contributed by atoms with Crippen molar-refractivity contribution in [2.24, 2.45) is 9.98 Å². The van der Waals surface area contributed by atoms with Crippen molar-refractivity contribution in [2.75, 3.05) is 0 Å². The van der Waals surface area contributed by atoms with Crippen LogP contribution in [-0.4, -0.2) is 17.4 Å². The molecule has 0 N–H and O–H groups in total. The molecule has 0 unspecified atom stereocenters. The molecule has 3 nitrogen and oxygen atoms in total. The molecule has 1 heterocycles. The predicted molar refractivity (Wildman–Crippen MR) is 134 cm³/mol. The zero-order valence-electron chi connectivity index (χ0n) is 20.5. The third-order valence-corrected chi connectivity index (χ3v) is 5.63. The Morgan fingerprint density at radius 1 is 0.657 bits per heavy atom. The number of nitrogens with zero attached hydrogens (tertiary/aromatic N) is 3. The van der Waals surface area contributed by atoms with Crippen LogP contribution in [-0.2, 0) is 25.7 Å². The number of hydrogen-bond donors (Lipinski definition) is 0. The van der Waals surface area contributed by atoms with Gasteiger partial charge >= 0.3 is 40.8 Å². The summed E-state index contributed by atoms with van der Waals surface area (Å²) in [6.45, 7) is 8.61. The fraction of sp³-hybridized carbons (Fsp3) is 0.296. The van der Waals surface area contributed by atoms with E-state index >= 15 is 0 Å². The van der Waals surface area contributed by atoms with E-state index in [2.05, 4.69) is 64.1 Å². The van der Waals surface area contributed by atoms with Crippen molar-refractivity contribution in [3.8, 4) is 0 Å². The maximum atomic E-state index is 6.38. The number of para-hydroxylation sites is 2. The Morgan fingerprint density at radius 2 is 0.971 bits per heavy atom. The van der Waals surface area contributed by atoms with Crippen LogP contribution >= 0.6 is 11.6 Å². The molecule has 0 atom stereocenters. The zero-order chi connectivity index (χ0) is 22.2. The fourth-order valence-corrected chi connectivity index (χ4v) is 3.92. The summed E-state index contributed by atoms with van der Waals surface area (Å²) in [6, 6.07) is 16.4. The summed E-state index contributed by atoms with van der Waals surface area (Å²) in [5.41, 5.74) is 8.47. The van der Waals surface area contributed by atoms with Crippen molar-refractivity contribution in [1.82, 2.24) is 4.98 Å². The van der Waals surface area contributed by atoms with Crippen molar-refractivity contribution < 1.29 is 78.1 Å². The first-order valence-electron chi connectivity index (χ1n) is 11.1. The molecule has 3 aromatic rings. The maximum Gasteiger partial charge on any atom is 3.00 e. The SMILES string of the molecule is CCc1cccc(CC)c1N=Cc1cc(Cl)cc(C=Nc2c(CC)cccc2CC)n1.[Cl-].[Cl-].[Cl-].[Nd+3]. The first-order valence-corrected chi connectivity index (χ1v) is 11.4. The van der Waals surface area contributed by atoms with Crippen LogP contribution in [0.5, 0.6) is 0 Å². The molecule has 1 aromatic heterocycles. The van der Waals surface area contributed by atoms with Gasteiger partial charge in [0.05, 0.1) is 35.2 Å². The van der Waals surface area contributed by atoms with Gasteiger partial charge in [-0.3, -0.25) is 9.98 Å². The third kappa shape index (κ3) is 10.0. The minimum atomic E-state index is 0. The van der Waals surface area contributed by atoms with E-state index < -0.39 is 0 Å². The summed E-state index contributed by atoms with van der Waals surface area (Å²) in [5, 5.41) is 0.622. The van der Waals surface area contributed by atoms with Crippen LogP contribution < -0.4 is 37.2 Å². The molecule has 2 aromatic carbocycles. The summed E-state index contributed by atoms with van der Waals surface area (Å²) in [6.07, 6.45) is 7.37. The monoisotopic (exact) mass is 678 g/mol. The normalized spacial score (nSPS) is 10.3. The van der Waals surface area contributed by atoms with Gasteiger partial charge in [-0.15, -0.1) is 0 Å². The maximum absolute atomic E-state index is 6.38. The van der Waals surface area contributed by atoms with E-state index in [-0.39, 0.29) is 78.1 Å². The molecule has 185 valence electrons. The number of hydrogen-bond acceptors (Lipinski definition) is 3. The molecule has 0 fully saturated rings. The number of halogens is 4. The average molecular weight is 683 g/mol. The molecule has 1 radical (unpaired) electrons. The van der Waals surface area contributed by atoms with E-state index in [1.807, 2.05) is 12.1 Å². The Hall–Kier alpha value is -0.559. The van der Waals surface area contributed by atoms with Crippen LogP contribution in [0.3, 0.4) is 0 Å². The fourth-order valence-electron chi connectivity index (χ4n) is 3.69. The second-order valence-corrected chi connectivity index (χ2v) is 7.85. The largest absolute Gasteiger partial charge is 3.00 e. The number of rotatable bonds is 8. The van der Waals surface area contributed by atoms with E-state index in [0.29, 0.717) is 5.02 Å². The molecule has 3 rings (SSSR count). The Kier molecular flexibility index (Phi) is 19.5. The van der Waals surface area contributed by atoms with Gasteiger partial charge in [0, 0.05) is 5.02 Å². The number of benzene rings is 2. The van der Waals surface area contributed by atoms with E-state index in [1.165, 1.54) is 22.3 Å². The molecule has 0 saturated carbocycles. The summed E-state index contributed by atoms with van der Waals surface area (Å²) in [4.78, 5) is 14.3. The van der Waals surface area contributed by atoms with Gasteiger partial charge in [-0.2, -0.15) is 0 Å². The van der Waals surface area contributed by atoms with Crippen molar-refractivity contribution in [3.05, 3.63) is 87.2 Å². The molecule has 0 aliphatic rings. The molecule has 0 spiro atoms. The molecule has 0 amide bonds. The number of pyridine rings is 1. The third-order valence-electron chi connectivity index (χ3n) is 5.41. The summed E-state index contributed by atoms with van der Waals surface area (Å²) in [7, 11) is 0. The van der Waals surface area contributed by atoms with Gasteiger partial charge in [0.25, 0.3) is 0 Å². The molecule has 0 aliphatic heterocycles. The second-order valence-electron chi connectivity index (χ2n) is 7.42. The number of aryl methyl sites for hydroxylation is 4. The number of aromatic nitrogens is 1. The smallest absolute Gasteiger partial charge is 1.00 e. The van der Waals surface area contributed by atoms with Gasteiger partial charge in [-0.05, 0) is 60.1 Å². The van der Waals surface area contributed by atoms with Crippen LogP contribution in [0.1, 0.15) is 61.3 Å². The molecule has 8 heteroatoms. The van der Waals surface area contributed by atoms with Crippen LogP contribution in [0.2, 0.25) is 5.02 Å². The van der Waals surface area contributed by atoms with Gasteiger partial charge < -0.3 is 37.2 Å². The topological polar surface area (TPSA) is 37.6 Å². The molecule has 0 aliphatic carbocycles. The minimum Gasteiger partial charge on any atom is -1.00 e. The Balaban J connectivity index is 0. The quantitative estimate of drug-likeness (QED) is 0.267. The molecular formula is C27H30Cl4N3Nd. The first-order chi connectivity index (χ1) is 15.1. The summed E-state index contributed by atoms with van der Waals surface area (Å²) >= 11 is 6.38. The van der Waals surface area contributed by atoms with E-state index in [4.69, 9.17) is 26.6 Å². The molecule has 35 heavy (non-hydrogen) atoms. The predicted octanol–water partition coefficient (Wildman–Crippen LogP) is -1.50. The van der Waals surface area contributed by atoms with Gasteiger partial charge in [0.2, 0.25) is 0 Å². The second kappa shape index (κ2) is 18.6. The van der Waals surface area contributed by atoms with Crippen molar-refractivity contribution in [1.29, 1.82) is 0 Å². The van der Waals surface area contributed by atoms with Crippen LogP contribution in [0.25, 0.3) is 0 Å². The standard InChI is InChI=1S/C27H30ClN3.3ClH.Nd/c1-5-19-11-9-12-20(6-2)26(19)29-17-24-15-23(28)16-25(31-24)18-30-27-21(7-3)13-10-14-22(27)8-4;;;;/h9-18H,5-8H2,1-4H3;3*1H;/q;;;;+3/p-3. The molecule has 0 bridgehead atoms. The van der Waals surface area contributed by atoms with E-state index in [9.17, 15) is 0 Å². The Bertz CT molecular complexity index is 989. The van der Waals surface area contributed by atoms with E-state index in [0.717, 1.165) is 48.4 Å². The average Bonchev–Trinajstić information content (AvgIpc) is 2.80. The first kappa shape index (κ1) is 36.6. The van der Waals surface area contributed by atoms with E-state index in [1.54, 1.807) is 12.4 Å². The van der Waals surface area contributed by atoms with Gasteiger partial charge in [-0.1, -0.05) is 75.7 Å². The van der Waals surface area contributed by atoms with Crippen LogP contribution in [0.4, 0.5) is 11.4 Å². The van der Waals surface area contributed by atoms with Gasteiger partial charge in [-0.25, -0.2) is 4.98 Å². The van der Waals surface area contributed by atoms with Crippen molar-refractivity contribution >= 4 is 35.4 Å². The van der Waals surface area contributed by atoms with Gasteiger partial charge in [0.15, 0.2) is 0 Å². The Labute approximate surface area is 266 Å². The van der Waals surface area contributed by atoms with Gasteiger partial charge in [0.1, 0.15) is 0 Å². The van der Waals surface area contributed by atoms with Crippen molar-refractivity contribution in [3.63, 3.8) is 0 Å². The van der Waals surface area contributed by atoms with Crippen LogP contribution in [0, 0.1) is 40.8 Å². The summed E-state index contributed by atoms with van der Waals surface area (Å²) in [5.74, 6) is 0. The molecule has 0 saturated heterocycles. The summed E-state index contributed by atoms with van der Waals surface area (Å²) < 4.78 is 0.